The summed E-state index contributed by atoms with van der Waals surface area (Å²) in [5.74, 6) is -1.08. The van der Waals surface area contributed by atoms with Crippen molar-refractivity contribution in [1.82, 2.24) is 0 Å². The topological polar surface area (TPSA) is 43.4 Å². The maximum absolute atomic E-state index is 11.0. The zero-order valence-corrected chi connectivity index (χ0v) is 9.92. The number of ether oxygens (including phenoxy) is 1. The van der Waals surface area contributed by atoms with E-state index in [1.165, 1.54) is 13.3 Å². The van der Waals surface area contributed by atoms with Gasteiger partial charge >= 0.3 is 5.97 Å². The van der Waals surface area contributed by atoms with Crippen molar-refractivity contribution in [3.63, 3.8) is 0 Å². The predicted octanol–water partition coefficient (Wildman–Crippen LogP) is 2.58. The Morgan fingerprint density at radius 3 is 1.79 bits per heavy atom. The first-order valence-electron chi connectivity index (χ1n) is 5.22. The summed E-state index contributed by atoms with van der Waals surface area (Å²) in [6, 6.07) is 0. The number of hydrogen-bond acceptors (Lipinski definition) is 3. The van der Waals surface area contributed by atoms with E-state index in [0.717, 1.165) is 0 Å². The van der Waals surface area contributed by atoms with Crippen LogP contribution in [0, 0.1) is 5.92 Å². The fourth-order valence-corrected chi connectivity index (χ4v) is 0.863. The molecule has 0 spiro atoms. The van der Waals surface area contributed by atoms with Gasteiger partial charge in [0.15, 0.2) is 0 Å². The van der Waals surface area contributed by atoms with Crippen LogP contribution in [-0.2, 0) is 14.3 Å². The Bertz CT molecular complexity index is 164. The van der Waals surface area contributed by atoms with Crippen LogP contribution in [0.25, 0.3) is 0 Å². The number of ketones is 1. The zero-order valence-electron chi connectivity index (χ0n) is 9.92. The molecule has 0 aromatic carbocycles. The van der Waals surface area contributed by atoms with Gasteiger partial charge in [0.2, 0.25) is 0 Å². The van der Waals surface area contributed by atoms with E-state index in [1.807, 2.05) is 0 Å². The summed E-state index contributed by atoms with van der Waals surface area (Å²) in [6.07, 6.45) is 1.77. The molecule has 0 saturated heterocycles. The van der Waals surface area contributed by atoms with Gasteiger partial charge < -0.3 is 4.74 Å². The fraction of sp³-hybridized carbons (Fsp3) is 0.818. The van der Waals surface area contributed by atoms with Crippen LogP contribution in [0.15, 0.2) is 0 Å². The van der Waals surface area contributed by atoms with Crippen molar-refractivity contribution < 1.29 is 14.3 Å². The van der Waals surface area contributed by atoms with Crippen molar-refractivity contribution in [3.05, 3.63) is 0 Å². The first kappa shape index (κ1) is 15.6. The van der Waals surface area contributed by atoms with E-state index >= 15 is 0 Å². The summed E-state index contributed by atoms with van der Waals surface area (Å²) >= 11 is 0. The van der Waals surface area contributed by atoms with Crippen LogP contribution < -0.4 is 0 Å². The van der Waals surface area contributed by atoms with Crippen LogP contribution in [0.2, 0.25) is 0 Å². The molecule has 0 aromatic heterocycles. The molecule has 14 heavy (non-hydrogen) atoms. The highest BCUT2D eigenvalue weighted by Crippen LogP contribution is 2.05. The molecular weight excluding hydrogens is 180 g/mol. The maximum Gasteiger partial charge on any atom is 0.316 e. The smallest absolute Gasteiger partial charge is 0.316 e. The van der Waals surface area contributed by atoms with Crippen molar-refractivity contribution in [2.24, 2.45) is 5.92 Å². The zero-order chi connectivity index (χ0) is 11.6. The van der Waals surface area contributed by atoms with Crippen molar-refractivity contribution >= 4 is 11.8 Å². The molecule has 0 amide bonds. The number of carbonyl (C=O) groups is 2. The van der Waals surface area contributed by atoms with Gasteiger partial charge in [0.25, 0.3) is 0 Å². The van der Waals surface area contributed by atoms with E-state index in [9.17, 15) is 9.59 Å². The molecule has 0 aromatic rings. The number of esters is 1. The summed E-state index contributed by atoms with van der Waals surface area (Å²) in [4.78, 5) is 21.8. The van der Waals surface area contributed by atoms with E-state index in [0.29, 0.717) is 13.0 Å². The van der Waals surface area contributed by atoms with Crippen molar-refractivity contribution in [3.8, 4) is 0 Å². The lowest BCUT2D eigenvalue weighted by Gasteiger charge is -2.08. The van der Waals surface area contributed by atoms with Gasteiger partial charge in [-0.05, 0) is 20.3 Å². The molecule has 0 heterocycles. The first-order chi connectivity index (χ1) is 6.54. The first-order valence-corrected chi connectivity index (χ1v) is 5.22. The third-order valence-corrected chi connectivity index (χ3v) is 1.47. The highest BCUT2D eigenvalue weighted by molar-refractivity contribution is 5.97. The Labute approximate surface area is 86.8 Å². The second kappa shape index (κ2) is 10.2. The van der Waals surface area contributed by atoms with Gasteiger partial charge in [-0.3, -0.25) is 9.59 Å². The summed E-state index contributed by atoms with van der Waals surface area (Å²) in [7, 11) is 0. The second-order valence-corrected chi connectivity index (χ2v) is 3.03. The standard InChI is InChI=1S/C8H14O3.C3H8/c1-4-7(6(3)9)8(10)11-5-2;1-3-2/h7H,4-5H2,1-3H3;3H2,1-2H3. The molecular formula is C11H22O3. The Hall–Kier alpha value is -0.860. The Kier molecular flexibility index (Phi) is 11.4. The lowest BCUT2D eigenvalue weighted by molar-refractivity contribution is -0.151. The fourth-order valence-electron chi connectivity index (χ4n) is 0.863. The molecule has 3 nitrogen and oxygen atoms in total. The highest BCUT2D eigenvalue weighted by Gasteiger charge is 2.21. The summed E-state index contributed by atoms with van der Waals surface area (Å²) in [5, 5.41) is 0. The molecule has 3 heteroatoms. The molecule has 0 aliphatic heterocycles. The Morgan fingerprint density at radius 2 is 1.57 bits per heavy atom. The van der Waals surface area contributed by atoms with Crippen LogP contribution >= 0.6 is 0 Å². The number of rotatable bonds is 4. The highest BCUT2D eigenvalue weighted by atomic mass is 16.5. The minimum Gasteiger partial charge on any atom is -0.465 e. The second-order valence-electron chi connectivity index (χ2n) is 3.03. The predicted molar refractivity (Wildman–Crippen MR) is 57.1 cm³/mol. The molecule has 84 valence electrons. The quantitative estimate of drug-likeness (QED) is 0.520. The van der Waals surface area contributed by atoms with E-state index in [2.05, 4.69) is 13.8 Å². The Morgan fingerprint density at radius 1 is 1.14 bits per heavy atom. The van der Waals surface area contributed by atoms with E-state index in [4.69, 9.17) is 4.74 Å². The Balaban J connectivity index is 0. The summed E-state index contributed by atoms with van der Waals surface area (Å²) < 4.78 is 4.70. The molecule has 0 rings (SSSR count). The molecule has 1 unspecified atom stereocenters. The van der Waals surface area contributed by atoms with Crippen LogP contribution in [0.1, 0.15) is 47.5 Å². The van der Waals surface area contributed by atoms with Crippen LogP contribution in [0.5, 0.6) is 0 Å². The number of hydrogen-bond donors (Lipinski definition) is 0. The lowest BCUT2D eigenvalue weighted by atomic mass is 10.0. The molecule has 0 aliphatic rings. The van der Waals surface area contributed by atoms with Gasteiger partial charge in [0.05, 0.1) is 6.61 Å². The molecule has 0 bridgehead atoms. The van der Waals surface area contributed by atoms with Gasteiger partial charge in [-0.25, -0.2) is 0 Å². The minimum absolute atomic E-state index is 0.119. The monoisotopic (exact) mass is 202 g/mol. The number of Topliss-reactive ketones (excluding diaryl/α,β-unsaturated/α-hetero) is 1. The van der Waals surface area contributed by atoms with Crippen molar-refractivity contribution in [2.45, 2.75) is 47.5 Å². The average molecular weight is 202 g/mol. The molecule has 0 saturated carbocycles. The summed E-state index contributed by atoms with van der Waals surface area (Å²) in [6.45, 7) is 9.52. The lowest BCUT2D eigenvalue weighted by Crippen LogP contribution is -2.23. The largest absolute Gasteiger partial charge is 0.465 e. The van der Waals surface area contributed by atoms with Gasteiger partial charge in [-0.1, -0.05) is 27.2 Å². The van der Waals surface area contributed by atoms with Gasteiger partial charge in [0, 0.05) is 0 Å². The molecule has 0 fully saturated rings. The van der Waals surface area contributed by atoms with Gasteiger partial charge in [-0.15, -0.1) is 0 Å². The van der Waals surface area contributed by atoms with E-state index in [-0.39, 0.29) is 5.78 Å². The van der Waals surface area contributed by atoms with E-state index < -0.39 is 11.9 Å². The SMILES string of the molecule is CCC.CCOC(=O)C(CC)C(C)=O. The van der Waals surface area contributed by atoms with Gasteiger partial charge in [0.1, 0.15) is 11.7 Å². The number of carbonyl (C=O) groups excluding carboxylic acids is 2. The average Bonchev–Trinajstić information content (AvgIpc) is 2.06. The van der Waals surface area contributed by atoms with Crippen molar-refractivity contribution in [1.29, 1.82) is 0 Å². The van der Waals surface area contributed by atoms with Gasteiger partial charge in [-0.2, -0.15) is 0 Å². The van der Waals surface area contributed by atoms with Crippen LogP contribution in [0.4, 0.5) is 0 Å². The third-order valence-electron chi connectivity index (χ3n) is 1.47. The maximum atomic E-state index is 11.0. The minimum atomic E-state index is -0.560. The van der Waals surface area contributed by atoms with E-state index in [1.54, 1.807) is 13.8 Å². The molecule has 0 aliphatic carbocycles. The summed E-state index contributed by atoms with van der Waals surface area (Å²) in [5.41, 5.74) is 0. The third kappa shape index (κ3) is 7.77. The van der Waals surface area contributed by atoms with Crippen LogP contribution in [0.3, 0.4) is 0 Å². The van der Waals surface area contributed by atoms with Crippen LogP contribution in [-0.4, -0.2) is 18.4 Å². The molecule has 1 atom stereocenters. The molecule has 0 radical (unpaired) electrons. The van der Waals surface area contributed by atoms with Crippen molar-refractivity contribution in [2.75, 3.05) is 6.61 Å². The normalized spacial score (nSPS) is 10.9. The molecule has 0 N–H and O–H groups in total.